The zero-order chi connectivity index (χ0) is 31.3. The molecule has 7 nitrogen and oxygen atoms in total. The van der Waals surface area contributed by atoms with Crippen molar-refractivity contribution in [2.75, 3.05) is 12.0 Å². The van der Waals surface area contributed by atoms with E-state index < -0.39 is 11.6 Å². The van der Waals surface area contributed by atoms with E-state index in [1.165, 1.54) is 11.3 Å². The summed E-state index contributed by atoms with van der Waals surface area (Å²) in [5.41, 5.74) is 3.91. The molecule has 0 fully saturated rings. The lowest BCUT2D eigenvalue weighted by molar-refractivity contribution is 0.207. The molecule has 0 saturated carbocycles. The van der Waals surface area contributed by atoms with Crippen LogP contribution in [0, 0.1) is 0 Å². The third-order valence-corrected chi connectivity index (χ3v) is 9.00. The Kier molecular flexibility index (Phi) is 8.01. The minimum atomic E-state index is -0.800. The summed E-state index contributed by atoms with van der Waals surface area (Å²) >= 11 is 1.40. The number of benzene rings is 5. The Balaban J connectivity index is 1.40. The van der Waals surface area contributed by atoms with E-state index in [1.54, 1.807) is 24.1 Å². The Morgan fingerprint density at radius 1 is 0.761 bits per heavy atom. The number of rotatable bonds is 9. The number of thiazole rings is 1. The molecule has 1 amide bonds. The number of hydrogen-bond acceptors (Lipinski definition) is 6. The highest BCUT2D eigenvalue weighted by atomic mass is 32.1. The lowest BCUT2D eigenvalue weighted by Crippen LogP contribution is -2.40. The van der Waals surface area contributed by atoms with Crippen LogP contribution in [0.25, 0.3) is 10.2 Å². The van der Waals surface area contributed by atoms with Crippen molar-refractivity contribution in [2.24, 2.45) is 0 Å². The number of fused-ring (bicyclic) bond motifs is 1. The number of ether oxygens (including phenoxy) is 2. The van der Waals surface area contributed by atoms with Gasteiger partial charge in [0.1, 0.15) is 17.0 Å². The van der Waals surface area contributed by atoms with Crippen LogP contribution in [0.5, 0.6) is 11.5 Å². The first-order chi connectivity index (χ1) is 22.7. The summed E-state index contributed by atoms with van der Waals surface area (Å²) in [6.07, 6.45) is 3.10. The second-order valence-electron chi connectivity index (χ2n) is 10.7. The highest BCUT2D eigenvalue weighted by molar-refractivity contribution is 7.22. The van der Waals surface area contributed by atoms with Crippen molar-refractivity contribution in [1.82, 2.24) is 14.5 Å². The number of imidazole rings is 1. The van der Waals surface area contributed by atoms with Crippen LogP contribution in [0.1, 0.15) is 22.4 Å². The first-order valence-electron chi connectivity index (χ1n) is 14.8. The van der Waals surface area contributed by atoms with E-state index in [2.05, 4.69) is 45.9 Å². The molecular weight excluding hydrogens is 593 g/mol. The zero-order valence-electron chi connectivity index (χ0n) is 25.1. The van der Waals surface area contributed by atoms with E-state index in [0.717, 1.165) is 38.4 Å². The fraction of sp³-hybridized carbons (Fsp3) is 0.0789. The number of carbonyl (C=O) groups is 1. The summed E-state index contributed by atoms with van der Waals surface area (Å²) in [6, 6.07) is 45.9. The van der Waals surface area contributed by atoms with Gasteiger partial charge in [0.05, 0.1) is 42.1 Å². The molecule has 7 aromatic rings. The van der Waals surface area contributed by atoms with Gasteiger partial charge >= 0.3 is 6.09 Å². The monoisotopic (exact) mass is 622 g/mol. The molecule has 226 valence electrons. The Morgan fingerprint density at radius 2 is 1.33 bits per heavy atom. The van der Waals surface area contributed by atoms with Crippen molar-refractivity contribution >= 4 is 32.8 Å². The maximum absolute atomic E-state index is 14.0. The third kappa shape index (κ3) is 5.39. The molecule has 0 aliphatic rings. The van der Waals surface area contributed by atoms with Crippen molar-refractivity contribution < 1.29 is 14.3 Å². The Hall–Kier alpha value is -5.73. The SMILES string of the molecule is COc1ccc2nc(N(Cc3cncn3C(c3ccccc3)(c3ccccc3)c3ccccc3)C(=O)Oc3ccccc3)sc2c1. The normalized spacial score (nSPS) is 11.3. The van der Waals surface area contributed by atoms with Crippen molar-refractivity contribution in [1.29, 1.82) is 0 Å². The van der Waals surface area contributed by atoms with E-state index in [1.807, 2.05) is 104 Å². The number of amides is 1. The molecule has 0 radical (unpaired) electrons. The molecule has 2 heterocycles. The number of anilines is 1. The van der Waals surface area contributed by atoms with Gasteiger partial charge in [-0.05, 0) is 47.0 Å². The molecule has 0 aliphatic heterocycles. The molecule has 46 heavy (non-hydrogen) atoms. The second kappa shape index (κ2) is 12.7. The van der Waals surface area contributed by atoms with Crippen LogP contribution in [0.2, 0.25) is 0 Å². The van der Waals surface area contributed by atoms with Gasteiger partial charge in [-0.15, -0.1) is 0 Å². The predicted molar refractivity (Wildman–Crippen MR) is 182 cm³/mol. The summed E-state index contributed by atoms with van der Waals surface area (Å²) < 4.78 is 14.4. The van der Waals surface area contributed by atoms with Gasteiger partial charge in [0.25, 0.3) is 0 Å². The number of hydrogen-bond donors (Lipinski definition) is 0. The zero-order valence-corrected chi connectivity index (χ0v) is 25.9. The molecule has 0 atom stereocenters. The minimum Gasteiger partial charge on any atom is -0.497 e. The van der Waals surface area contributed by atoms with Crippen molar-refractivity contribution in [3.05, 3.63) is 174 Å². The molecule has 0 aliphatic carbocycles. The lowest BCUT2D eigenvalue weighted by Gasteiger charge is -2.39. The van der Waals surface area contributed by atoms with Gasteiger partial charge in [-0.3, -0.25) is 0 Å². The lowest BCUT2D eigenvalue weighted by atomic mass is 9.76. The third-order valence-electron chi connectivity index (χ3n) is 7.96. The van der Waals surface area contributed by atoms with Gasteiger partial charge in [-0.25, -0.2) is 19.7 Å². The molecule has 8 heteroatoms. The summed E-state index contributed by atoms with van der Waals surface area (Å²) in [4.78, 5) is 25.1. The van der Waals surface area contributed by atoms with Crippen LogP contribution in [0.3, 0.4) is 0 Å². The Bertz CT molecular complexity index is 1970. The molecule has 0 saturated heterocycles. The van der Waals surface area contributed by atoms with Crippen molar-refractivity contribution in [3.63, 3.8) is 0 Å². The van der Waals surface area contributed by atoms with Gasteiger partial charge in [0, 0.05) is 0 Å². The number of nitrogens with zero attached hydrogens (tertiary/aromatic N) is 4. The summed E-state index contributed by atoms with van der Waals surface area (Å²) in [6.45, 7) is 0.150. The molecule has 0 unspecified atom stereocenters. The van der Waals surface area contributed by atoms with Gasteiger partial charge in [-0.1, -0.05) is 121 Å². The summed E-state index contributed by atoms with van der Waals surface area (Å²) in [7, 11) is 1.63. The van der Waals surface area contributed by atoms with E-state index >= 15 is 0 Å². The molecule has 5 aromatic carbocycles. The van der Waals surface area contributed by atoms with Crippen molar-refractivity contribution in [2.45, 2.75) is 12.1 Å². The molecule has 0 spiro atoms. The van der Waals surface area contributed by atoms with Crippen LogP contribution in [-0.4, -0.2) is 27.7 Å². The molecular formula is C38H30N4O3S. The maximum atomic E-state index is 14.0. The highest BCUT2D eigenvalue weighted by Gasteiger charge is 2.40. The van der Waals surface area contributed by atoms with E-state index in [9.17, 15) is 4.79 Å². The van der Waals surface area contributed by atoms with Crippen molar-refractivity contribution in [3.8, 4) is 11.5 Å². The van der Waals surface area contributed by atoms with Crippen LogP contribution >= 0.6 is 11.3 Å². The fourth-order valence-corrected chi connectivity index (χ4v) is 6.83. The average molecular weight is 623 g/mol. The largest absolute Gasteiger partial charge is 0.497 e. The smallest absolute Gasteiger partial charge is 0.421 e. The first-order valence-corrected chi connectivity index (χ1v) is 15.7. The number of aromatic nitrogens is 3. The van der Waals surface area contributed by atoms with Gasteiger partial charge in [0.2, 0.25) is 0 Å². The summed E-state index contributed by atoms with van der Waals surface area (Å²) in [5.74, 6) is 1.17. The quantitative estimate of drug-likeness (QED) is 0.151. The number of methoxy groups -OCH3 is 1. The number of para-hydroxylation sites is 1. The van der Waals surface area contributed by atoms with Crippen LogP contribution in [-0.2, 0) is 12.1 Å². The van der Waals surface area contributed by atoms with E-state index in [-0.39, 0.29) is 6.54 Å². The Morgan fingerprint density at radius 3 is 1.89 bits per heavy atom. The van der Waals surface area contributed by atoms with Gasteiger partial charge in [0.15, 0.2) is 5.13 Å². The fourth-order valence-electron chi connectivity index (χ4n) is 5.85. The molecule has 0 bridgehead atoms. The predicted octanol–water partition coefficient (Wildman–Crippen LogP) is 8.55. The maximum Gasteiger partial charge on any atom is 0.421 e. The van der Waals surface area contributed by atoms with Crippen LogP contribution in [0.4, 0.5) is 9.93 Å². The minimum absolute atomic E-state index is 0.150. The van der Waals surface area contributed by atoms with E-state index in [0.29, 0.717) is 10.9 Å². The molecule has 7 rings (SSSR count). The van der Waals surface area contributed by atoms with Crippen LogP contribution in [0.15, 0.2) is 152 Å². The van der Waals surface area contributed by atoms with E-state index in [4.69, 9.17) is 14.5 Å². The van der Waals surface area contributed by atoms with Crippen LogP contribution < -0.4 is 14.4 Å². The van der Waals surface area contributed by atoms with Gasteiger partial charge < -0.3 is 14.0 Å². The number of carbonyl (C=O) groups excluding carboxylic acids is 1. The average Bonchev–Trinajstić information content (AvgIpc) is 3.76. The highest BCUT2D eigenvalue weighted by Crippen LogP contribution is 2.42. The Labute approximate surface area is 271 Å². The molecule has 2 aromatic heterocycles. The van der Waals surface area contributed by atoms with Gasteiger partial charge in [-0.2, -0.15) is 0 Å². The second-order valence-corrected chi connectivity index (χ2v) is 11.7. The standard InChI is InChI=1S/C38H30N4O3S/c1-44-33-22-23-34-35(24-33)46-36(40-34)41(37(43)45-32-20-12-5-13-21-32)26-31-25-39-27-42(31)38(28-14-6-2-7-15-28,29-16-8-3-9-17-29)30-18-10-4-11-19-30/h2-25,27H,26H2,1H3. The molecule has 0 N–H and O–H groups in total. The topological polar surface area (TPSA) is 69.5 Å². The summed E-state index contributed by atoms with van der Waals surface area (Å²) in [5, 5.41) is 0.502. The first kappa shape index (κ1) is 29.0.